The number of hydrogen-bond donors (Lipinski definition) is 3. The first kappa shape index (κ1) is 21.1. The molecule has 1 rings (SSSR count). The van der Waals surface area contributed by atoms with Gasteiger partial charge in [0.05, 0.1) is 19.2 Å². The second-order valence-electron chi connectivity index (χ2n) is 6.58. The van der Waals surface area contributed by atoms with Crippen molar-refractivity contribution in [1.29, 1.82) is 0 Å². The molecule has 0 radical (unpaired) electrons. The van der Waals surface area contributed by atoms with E-state index in [2.05, 4.69) is 61.0 Å². The molecule has 1 aromatic rings. The van der Waals surface area contributed by atoms with Gasteiger partial charge in [0, 0.05) is 13.2 Å². The Kier molecular flexibility index (Phi) is 9.16. The monoisotopic (exact) mass is 349 g/mol. The molecule has 0 fully saturated rings. The molecule has 140 valence electrons. The third-order valence-electron chi connectivity index (χ3n) is 3.94. The molecule has 3 N–H and O–H groups in total. The number of benzene rings is 1. The van der Waals surface area contributed by atoms with Crippen LogP contribution in [-0.2, 0) is 16.0 Å². The highest BCUT2D eigenvalue weighted by atomic mass is 16.5. The minimum atomic E-state index is -0.509. The summed E-state index contributed by atoms with van der Waals surface area (Å²) in [5.41, 5.74) is 2.42. The number of methoxy groups -OCH3 is 1. The molecule has 0 spiro atoms. The van der Waals surface area contributed by atoms with Crippen LogP contribution in [0.1, 0.15) is 44.9 Å². The minimum Gasteiger partial charge on any atom is -0.383 e. The third-order valence-corrected chi connectivity index (χ3v) is 3.94. The van der Waals surface area contributed by atoms with Crippen molar-refractivity contribution in [2.24, 2.45) is 5.92 Å². The Morgan fingerprint density at radius 2 is 1.76 bits per heavy atom. The predicted molar refractivity (Wildman–Crippen MR) is 99.4 cm³/mol. The van der Waals surface area contributed by atoms with E-state index in [0.717, 1.165) is 12.0 Å². The summed E-state index contributed by atoms with van der Waals surface area (Å²) >= 11 is 0. The zero-order valence-corrected chi connectivity index (χ0v) is 15.9. The maximum absolute atomic E-state index is 12.0. The largest absolute Gasteiger partial charge is 0.383 e. The van der Waals surface area contributed by atoms with Crippen LogP contribution in [0.15, 0.2) is 24.3 Å². The number of amides is 3. The molecule has 6 nitrogen and oxygen atoms in total. The highest BCUT2D eigenvalue weighted by Gasteiger charge is 2.17. The lowest BCUT2D eigenvalue weighted by molar-refractivity contribution is -0.119. The lowest BCUT2D eigenvalue weighted by atomic mass is 9.95. The fourth-order valence-electron chi connectivity index (χ4n) is 2.62. The van der Waals surface area contributed by atoms with Crippen molar-refractivity contribution < 1.29 is 14.3 Å². The minimum absolute atomic E-state index is 0.0483. The molecule has 25 heavy (non-hydrogen) atoms. The van der Waals surface area contributed by atoms with Crippen LogP contribution >= 0.6 is 0 Å². The fraction of sp³-hybridized carbons (Fsp3) is 0.579. The molecule has 1 aromatic carbocycles. The molecule has 2 unspecified atom stereocenters. The lowest BCUT2D eigenvalue weighted by Gasteiger charge is -2.23. The molecular formula is C19H31N3O3. The van der Waals surface area contributed by atoms with Crippen LogP contribution < -0.4 is 16.0 Å². The smallest absolute Gasteiger partial charge is 0.321 e. The van der Waals surface area contributed by atoms with Crippen LogP contribution in [0.4, 0.5) is 4.79 Å². The molecule has 0 saturated carbocycles. The molecule has 3 amide bonds. The number of urea groups is 1. The molecule has 0 aromatic heterocycles. The quantitative estimate of drug-likeness (QED) is 0.640. The molecule has 0 heterocycles. The van der Waals surface area contributed by atoms with Crippen molar-refractivity contribution in [3.63, 3.8) is 0 Å². The van der Waals surface area contributed by atoms with E-state index in [1.54, 1.807) is 14.0 Å². The van der Waals surface area contributed by atoms with Gasteiger partial charge in [-0.1, -0.05) is 45.0 Å². The highest BCUT2D eigenvalue weighted by molar-refractivity contribution is 5.95. The number of hydrogen-bond acceptors (Lipinski definition) is 4. The zero-order valence-electron chi connectivity index (χ0n) is 15.9. The first-order chi connectivity index (χ1) is 11.9. The van der Waals surface area contributed by atoms with Crippen molar-refractivity contribution in [2.75, 3.05) is 20.3 Å². The molecule has 0 aliphatic rings. The summed E-state index contributed by atoms with van der Waals surface area (Å²) in [5, 5.41) is 8.21. The van der Waals surface area contributed by atoms with Gasteiger partial charge in [0.1, 0.15) is 0 Å². The summed E-state index contributed by atoms with van der Waals surface area (Å²) < 4.78 is 4.94. The van der Waals surface area contributed by atoms with E-state index in [1.165, 1.54) is 5.56 Å². The van der Waals surface area contributed by atoms with Crippen molar-refractivity contribution in [3.05, 3.63) is 35.4 Å². The van der Waals surface area contributed by atoms with E-state index < -0.39 is 6.03 Å². The van der Waals surface area contributed by atoms with E-state index in [0.29, 0.717) is 12.5 Å². The standard InChI is InChI=1S/C19H31N3O3/c1-6-15-7-9-16(10-8-15)18(13(2)3)20-11-17(23)22-19(24)21-14(4)12-25-5/h7-10,13-14,18,20H,6,11-12H2,1-5H3,(H2,21,22,23,24). The zero-order chi connectivity index (χ0) is 18.8. The maximum Gasteiger partial charge on any atom is 0.321 e. The molecule has 0 aliphatic heterocycles. The highest BCUT2D eigenvalue weighted by Crippen LogP contribution is 2.21. The van der Waals surface area contributed by atoms with Gasteiger partial charge in [-0.3, -0.25) is 10.1 Å². The SMILES string of the molecule is CCc1ccc(C(NCC(=O)NC(=O)NC(C)COC)C(C)C)cc1. The average Bonchev–Trinajstić information content (AvgIpc) is 2.55. The summed E-state index contributed by atoms with van der Waals surface area (Å²) in [5.74, 6) is -0.0474. The molecule has 2 atom stereocenters. The Balaban J connectivity index is 2.53. The number of ether oxygens (including phenoxy) is 1. The molecule has 0 aliphatic carbocycles. The van der Waals surface area contributed by atoms with Gasteiger partial charge in [-0.25, -0.2) is 4.79 Å². The number of carbonyl (C=O) groups excluding carboxylic acids is 2. The van der Waals surface area contributed by atoms with Gasteiger partial charge in [0.2, 0.25) is 5.91 Å². The lowest BCUT2D eigenvalue weighted by Crippen LogP contribution is -2.47. The molecule has 0 saturated heterocycles. The third kappa shape index (κ3) is 7.67. The van der Waals surface area contributed by atoms with Crippen molar-refractivity contribution >= 4 is 11.9 Å². The summed E-state index contributed by atoms with van der Waals surface area (Å²) in [6, 6.07) is 7.78. The predicted octanol–water partition coefficient (Wildman–Crippen LogP) is 2.40. The molecule has 0 bridgehead atoms. The molecule has 6 heteroatoms. The number of imide groups is 1. The first-order valence-corrected chi connectivity index (χ1v) is 8.78. The van der Waals surface area contributed by atoms with Crippen molar-refractivity contribution in [1.82, 2.24) is 16.0 Å². The summed E-state index contributed by atoms with van der Waals surface area (Å²) in [6.07, 6.45) is 0.999. The molecular weight excluding hydrogens is 318 g/mol. The Morgan fingerprint density at radius 3 is 2.28 bits per heavy atom. The van der Waals surface area contributed by atoms with Gasteiger partial charge < -0.3 is 15.4 Å². The van der Waals surface area contributed by atoms with E-state index in [-0.39, 0.29) is 24.5 Å². The second-order valence-corrected chi connectivity index (χ2v) is 6.58. The van der Waals surface area contributed by atoms with Crippen molar-refractivity contribution in [3.8, 4) is 0 Å². The Labute approximate surface area is 150 Å². The normalized spacial score (nSPS) is 13.4. The summed E-state index contributed by atoms with van der Waals surface area (Å²) in [4.78, 5) is 23.7. The fourth-order valence-corrected chi connectivity index (χ4v) is 2.62. The Bertz CT molecular complexity index is 543. The topological polar surface area (TPSA) is 79.5 Å². The van der Waals surface area contributed by atoms with Crippen LogP contribution in [0.3, 0.4) is 0 Å². The van der Waals surface area contributed by atoms with Crippen LogP contribution in [0.5, 0.6) is 0 Å². The number of nitrogens with one attached hydrogen (secondary N) is 3. The Hall–Kier alpha value is -1.92. The second kappa shape index (κ2) is 10.8. The summed E-state index contributed by atoms with van der Waals surface area (Å²) in [7, 11) is 1.56. The van der Waals surface area contributed by atoms with Gasteiger partial charge in [0.25, 0.3) is 0 Å². The average molecular weight is 349 g/mol. The van der Waals surface area contributed by atoms with E-state index in [1.807, 2.05) is 0 Å². The number of aryl methyl sites for hydroxylation is 1. The van der Waals surface area contributed by atoms with Gasteiger partial charge in [-0.2, -0.15) is 0 Å². The maximum atomic E-state index is 12.0. The Morgan fingerprint density at radius 1 is 1.12 bits per heavy atom. The van der Waals surface area contributed by atoms with Crippen molar-refractivity contribution in [2.45, 2.75) is 46.2 Å². The van der Waals surface area contributed by atoms with Crippen LogP contribution in [0.2, 0.25) is 0 Å². The number of carbonyl (C=O) groups is 2. The van der Waals surface area contributed by atoms with Crippen LogP contribution in [0.25, 0.3) is 0 Å². The number of rotatable bonds is 9. The van der Waals surface area contributed by atoms with Crippen LogP contribution in [0, 0.1) is 5.92 Å². The van der Waals surface area contributed by atoms with E-state index in [4.69, 9.17) is 4.74 Å². The summed E-state index contributed by atoms with van der Waals surface area (Å²) in [6.45, 7) is 8.59. The van der Waals surface area contributed by atoms with Gasteiger partial charge in [0.15, 0.2) is 0 Å². The van der Waals surface area contributed by atoms with E-state index in [9.17, 15) is 9.59 Å². The van der Waals surface area contributed by atoms with E-state index >= 15 is 0 Å². The van der Waals surface area contributed by atoms with Gasteiger partial charge in [-0.15, -0.1) is 0 Å². The van der Waals surface area contributed by atoms with Gasteiger partial charge in [-0.05, 0) is 30.4 Å². The van der Waals surface area contributed by atoms with Crippen LogP contribution in [-0.4, -0.2) is 38.2 Å². The first-order valence-electron chi connectivity index (χ1n) is 8.78. The van der Waals surface area contributed by atoms with Gasteiger partial charge >= 0.3 is 6.03 Å².